The number of allylic oxidation sites excluding steroid dienone is 6. The summed E-state index contributed by atoms with van der Waals surface area (Å²) in [5.41, 5.74) is -1.47. The van der Waals surface area contributed by atoms with Crippen LogP contribution in [-0.4, -0.2) is 51.3 Å². The number of nitrogens with zero attached hydrogens (tertiary/aromatic N) is 4. The largest absolute Gasteiger partial charge is 0.419 e. The van der Waals surface area contributed by atoms with Crippen LogP contribution in [0.2, 0.25) is 0 Å². The molecular formula is C23H22ClF3N4O3. The van der Waals surface area contributed by atoms with Crippen LogP contribution in [0, 0.1) is 16.7 Å². The zero-order valence-corrected chi connectivity index (χ0v) is 19.2. The Morgan fingerprint density at radius 3 is 2.79 bits per heavy atom. The smallest absolute Gasteiger partial charge is 0.417 e. The SMILES string of the molecule is CC1(C)CN(Cc2nnc(C3=CC=CCC3Cl)o2)C(=O)C1OC1C=C(C(F)(F)F)C(C#N)=CC1. The van der Waals surface area contributed by atoms with Gasteiger partial charge in [-0.25, -0.2) is 0 Å². The molecule has 1 aromatic rings. The number of aromatic nitrogens is 2. The molecule has 34 heavy (non-hydrogen) atoms. The highest BCUT2D eigenvalue weighted by molar-refractivity contribution is 6.26. The molecule has 0 aromatic carbocycles. The van der Waals surface area contributed by atoms with Crippen molar-refractivity contribution in [3.8, 4) is 6.07 Å². The summed E-state index contributed by atoms with van der Waals surface area (Å²) in [5.74, 6) is 0.125. The molecule has 7 nitrogen and oxygen atoms in total. The molecule has 1 amide bonds. The average Bonchev–Trinajstić information content (AvgIpc) is 3.31. The van der Waals surface area contributed by atoms with Gasteiger partial charge in [0.1, 0.15) is 6.10 Å². The van der Waals surface area contributed by atoms with Crippen molar-refractivity contribution < 1.29 is 27.1 Å². The number of hydrogen-bond acceptors (Lipinski definition) is 6. The molecule has 3 aliphatic rings. The predicted molar refractivity (Wildman–Crippen MR) is 116 cm³/mol. The summed E-state index contributed by atoms with van der Waals surface area (Å²) < 4.78 is 51.6. The van der Waals surface area contributed by atoms with E-state index in [2.05, 4.69) is 10.2 Å². The predicted octanol–water partition coefficient (Wildman–Crippen LogP) is 4.48. The lowest BCUT2D eigenvalue weighted by molar-refractivity contribution is -0.143. The third kappa shape index (κ3) is 4.81. The zero-order chi connectivity index (χ0) is 24.7. The molecule has 2 heterocycles. The summed E-state index contributed by atoms with van der Waals surface area (Å²) in [7, 11) is 0. The van der Waals surface area contributed by atoms with E-state index in [4.69, 9.17) is 26.0 Å². The second-order valence-electron chi connectivity index (χ2n) is 9.04. The first kappa shape index (κ1) is 24.2. The van der Waals surface area contributed by atoms with Crippen LogP contribution in [0.3, 0.4) is 0 Å². The minimum atomic E-state index is -4.69. The number of carbonyl (C=O) groups excluding carboxylic acids is 1. The minimum absolute atomic E-state index is 0.0397. The van der Waals surface area contributed by atoms with Crippen molar-refractivity contribution in [2.24, 2.45) is 5.41 Å². The summed E-state index contributed by atoms with van der Waals surface area (Å²) in [5, 5.41) is 16.8. The van der Waals surface area contributed by atoms with Crippen molar-refractivity contribution in [3.05, 3.63) is 53.3 Å². The normalized spacial score (nSPS) is 26.7. The molecule has 0 spiro atoms. The maximum absolute atomic E-state index is 13.3. The van der Waals surface area contributed by atoms with Crippen LogP contribution in [0.1, 0.15) is 38.5 Å². The molecule has 0 saturated carbocycles. The highest BCUT2D eigenvalue weighted by Gasteiger charge is 2.49. The fraction of sp³-hybridized carbons (Fsp3) is 0.478. The van der Waals surface area contributed by atoms with Gasteiger partial charge >= 0.3 is 6.18 Å². The van der Waals surface area contributed by atoms with Crippen molar-refractivity contribution in [2.75, 3.05) is 6.54 Å². The van der Waals surface area contributed by atoms with E-state index in [-0.39, 0.29) is 36.0 Å². The summed E-state index contributed by atoms with van der Waals surface area (Å²) in [6.45, 7) is 3.94. The van der Waals surface area contributed by atoms with Gasteiger partial charge in [-0.15, -0.1) is 21.8 Å². The summed E-state index contributed by atoms with van der Waals surface area (Å²) in [6, 6.07) is 1.57. The lowest BCUT2D eigenvalue weighted by Gasteiger charge is -2.29. The standard InChI is InChI=1S/C23H22ClF3N4O3/c1-22(2)12-31(11-18-29-30-20(34-18)15-5-3-4-6-17(15)24)21(32)19(22)33-14-8-7-13(10-28)16(9-14)23(25,26)27/h3-5,7,9,14,17,19H,6,8,11-12H2,1-2H3. The summed E-state index contributed by atoms with van der Waals surface area (Å²) in [6.07, 6.45) is 1.71. The molecule has 4 rings (SSSR count). The van der Waals surface area contributed by atoms with E-state index in [1.54, 1.807) is 26.0 Å². The van der Waals surface area contributed by atoms with Gasteiger partial charge in [0, 0.05) is 17.5 Å². The van der Waals surface area contributed by atoms with Gasteiger partial charge in [-0.05, 0) is 18.9 Å². The van der Waals surface area contributed by atoms with E-state index in [1.807, 2.05) is 12.2 Å². The van der Waals surface area contributed by atoms with Crippen LogP contribution in [-0.2, 0) is 16.1 Å². The number of halogens is 4. The van der Waals surface area contributed by atoms with Gasteiger partial charge in [-0.2, -0.15) is 18.4 Å². The van der Waals surface area contributed by atoms with E-state index in [0.29, 0.717) is 18.5 Å². The minimum Gasteiger partial charge on any atom is -0.419 e. The number of amides is 1. The number of likely N-dealkylation sites (tertiary alicyclic amines) is 1. The molecule has 3 unspecified atom stereocenters. The average molecular weight is 495 g/mol. The molecule has 1 fully saturated rings. The topological polar surface area (TPSA) is 92.2 Å². The lowest BCUT2D eigenvalue weighted by atomic mass is 9.89. The van der Waals surface area contributed by atoms with E-state index >= 15 is 0 Å². The third-order valence-corrected chi connectivity index (χ3v) is 6.32. The number of carbonyl (C=O) groups is 1. The maximum Gasteiger partial charge on any atom is 0.417 e. The van der Waals surface area contributed by atoms with Gasteiger partial charge in [0.2, 0.25) is 11.8 Å². The van der Waals surface area contributed by atoms with Crippen molar-refractivity contribution in [1.29, 1.82) is 5.26 Å². The van der Waals surface area contributed by atoms with E-state index in [1.165, 1.54) is 11.0 Å². The van der Waals surface area contributed by atoms with Crippen molar-refractivity contribution in [1.82, 2.24) is 15.1 Å². The second kappa shape index (κ2) is 9.04. The quantitative estimate of drug-likeness (QED) is 0.560. The number of nitriles is 1. The fourth-order valence-corrected chi connectivity index (χ4v) is 4.51. The van der Waals surface area contributed by atoms with Crippen molar-refractivity contribution in [3.63, 3.8) is 0 Å². The first-order valence-electron chi connectivity index (χ1n) is 10.7. The fourth-order valence-electron chi connectivity index (χ4n) is 4.24. The number of hydrogen-bond donors (Lipinski definition) is 0. The first-order valence-corrected chi connectivity index (χ1v) is 11.1. The van der Waals surface area contributed by atoms with Crippen molar-refractivity contribution in [2.45, 2.75) is 57.0 Å². The van der Waals surface area contributed by atoms with Gasteiger partial charge in [0.15, 0.2) is 0 Å². The van der Waals surface area contributed by atoms with Crippen LogP contribution in [0.4, 0.5) is 13.2 Å². The lowest BCUT2D eigenvalue weighted by Crippen LogP contribution is -2.37. The Morgan fingerprint density at radius 2 is 2.12 bits per heavy atom. The Hall–Kier alpha value is -2.90. The van der Waals surface area contributed by atoms with Gasteiger partial charge in [-0.1, -0.05) is 38.2 Å². The molecule has 0 bridgehead atoms. The summed E-state index contributed by atoms with van der Waals surface area (Å²) >= 11 is 6.30. The number of rotatable bonds is 5. The molecule has 0 radical (unpaired) electrons. The third-order valence-electron chi connectivity index (χ3n) is 5.91. The molecule has 1 aliphatic heterocycles. The van der Waals surface area contributed by atoms with Crippen LogP contribution in [0.5, 0.6) is 0 Å². The van der Waals surface area contributed by atoms with Crippen LogP contribution >= 0.6 is 11.6 Å². The van der Waals surface area contributed by atoms with E-state index in [0.717, 1.165) is 6.08 Å². The monoisotopic (exact) mass is 494 g/mol. The number of ether oxygens (including phenoxy) is 1. The highest BCUT2D eigenvalue weighted by Crippen LogP contribution is 2.39. The van der Waals surface area contributed by atoms with Gasteiger partial charge in [0.25, 0.3) is 5.91 Å². The molecule has 11 heteroatoms. The van der Waals surface area contributed by atoms with E-state index in [9.17, 15) is 18.0 Å². The Morgan fingerprint density at radius 1 is 1.35 bits per heavy atom. The van der Waals surface area contributed by atoms with Gasteiger partial charge in [-0.3, -0.25) is 4.79 Å². The second-order valence-corrected chi connectivity index (χ2v) is 9.56. The van der Waals surface area contributed by atoms with Crippen LogP contribution in [0.15, 0.2) is 45.9 Å². The zero-order valence-electron chi connectivity index (χ0n) is 18.5. The van der Waals surface area contributed by atoms with E-state index < -0.39 is 34.9 Å². The van der Waals surface area contributed by atoms with Crippen molar-refractivity contribution >= 4 is 23.1 Å². The molecule has 1 saturated heterocycles. The van der Waals surface area contributed by atoms with Crippen LogP contribution in [0.25, 0.3) is 5.57 Å². The molecule has 1 aromatic heterocycles. The Labute approximate surface area is 199 Å². The molecule has 3 atom stereocenters. The van der Waals surface area contributed by atoms with Crippen LogP contribution < -0.4 is 0 Å². The Balaban J connectivity index is 1.47. The molecule has 2 aliphatic carbocycles. The molecule has 0 N–H and O–H groups in total. The first-order chi connectivity index (χ1) is 16.0. The van der Waals surface area contributed by atoms with Gasteiger partial charge < -0.3 is 14.1 Å². The maximum atomic E-state index is 13.3. The molecule has 180 valence electrons. The Bertz CT molecular complexity index is 1140. The Kier molecular flexibility index (Phi) is 6.44. The van der Waals surface area contributed by atoms with Gasteiger partial charge in [0.05, 0.1) is 35.2 Å². The highest BCUT2D eigenvalue weighted by atomic mass is 35.5. The summed E-state index contributed by atoms with van der Waals surface area (Å²) in [4.78, 5) is 14.6. The number of alkyl halides is 4. The molecular weight excluding hydrogens is 473 g/mol.